The van der Waals surface area contributed by atoms with Crippen LogP contribution in [0.2, 0.25) is 5.02 Å². The smallest absolute Gasteiger partial charge is 0.0720 e. The van der Waals surface area contributed by atoms with Crippen LogP contribution in [-0.4, -0.2) is 5.71 Å². The Kier molecular flexibility index (Phi) is 3.43. The molecule has 5 heteroatoms. The average molecular weight is 271 g/mol. The van der Waals surface area contributed by atoms with Gasteiger partial charge in [0.2, 0.25) is 0 Å². The number of rotatable bonds is 1. The molecular weight excluding hydrogens is 266 g/mol. The maximum Gasteiger partial charge on any atom is 0.0720 e. The summed E-state index contributed by atoms with van der Waals surface area (Å²) in [7, 11) is 0. The lowest BCUT2D eigenvalue weighted by Gasteiger charge is -1.92. The van der Waals surface area contributed by atoms with E-state index in [-0.39, 0.29) is 0 Å². The summed E-state index contributed by atoms with van der Waals surface area (Å²) in [5.41, 5.74) is 0.842. The van der Waals surface area contributed by atoms with E-state index in [2.05, 4.69) is 33.1 Å². The number of hydrogen-bond donors (Lipinski definition) is 1. The van der Waals surface area contributed by atoms with Crippen molar-refractivity contribution in [2.45, 2.75) is 6.92 Å². The Hall–Kier alpha value is 0.490. The van der Waals surface area contributed by atoms with Gasteiger partial charge in [0.05, 0.1) is 19.4 Å². The Balaban J connectivity index is 3.13. The van der Waals surface area contributed by atoms with E-state index < -0.39 is 0 Å². The lowest BCUT2D eigenvalue weighted by Crippen LogP contribution is -1.87. The lowest BCUT2D eigenvalue weighted by atomic mass is 10.3. The molecule has 1 aromatic heterocycles. The first kappa shape index (κ1) is 9.58. The summed E-state index contributed by atoms with van der Waals surface area (Å²) in [4.78, 5) is 0.966. The molecule has 0 aliphatic heterocycles. The zero-order chi connectivity index (χ0) is 8.43. The van der Waals surface area contributed by atoms with Gasteiger partial charge in [0.25, 0.3) is 0 Å². The van der Waals surface area contributed by atoms with Crippen molar-refractivity contribution in [1.29, 1.82) is 0 Å². The molecule has 0 saturated heterocycles. The van der Waals surface area contributed by atoms with Crippen LogP contribution in [-0.2, 0) is 0 Å². The van der Waals surface area contributed by atoms with Crippen molar-refractivity contribution in [2.24, 2.45) is 4.40 Å². The highest BCUT2D eigenvalue weighted by Crippen LogP contribution is 2.31. The largest absolute Gasteiger partial charge is 0.223 e. The molecule has 11 heavy (non-hydrogen) atoms. The second-order valence-corrected chi connectivity index (χ2v) is 4.95. The standard InChI is InChI=1S/C6H5BrClNS2/c1-3(9-10)6-4(8)2-5(7)11-6/h2,10H,1H3/b9-3+. The normalized spacial score (nSPS) is 12.2. The van der Waals surface area contributed by atoms with Crippen molar-refractivity contribution in [2.75, 3.05) is 0 Å². The number of hydrogen-bond acceptors (Lipinski definition) is 3. The molecule has 0 N–H and O–H groups in total. The lowest BCUT2D eigenvalue weighted by molar-refractivity contribution is 1.74. The Bertz CT molecular complexity index is 295. The molecule has 0 spiro atoms. The minimum absolute atomic E-state index is 0.720. The molecule has 60 valence electrons. The molecule has 1 rings (SSSR count). The van der Waals surface area contributed by atoms with E-state index in [1.165, 1.54) is 0 Å². The highest BCUT2D eigenvalue weighted by atomic mass is 79.9. The van der Waals surface area contributed by atoms with Crippen LogP contribution in [0.5, 0.6) is 0 Å². The van der Waals surface area contributed by atoms with Crippen LogP contribution >= 0.6 is 51.7 Å². The Morgan fingerprint density at radius 3 is 2.82 bits per heavy atom. The predicted octanol–water partition coefficient (Wildman–Crippen LogP) is 3.82. The van der Waals surface area contributed by atoms with E-state index in [4.69, 9.17) is 11.6 Å². The van der Waals surface area contributed by atoms with Gasteiger partial charge < -0.3 is 0 Å². The summed E-state index contributed by atoms with van der Waals surface area (Å²) in [5, 5.41) is 0.720. The Morgan fingerprint density at radius 1 is 1.82 bits per heavy atom. The van der Waals surface area contributed by atoms with E-state index in [1.807, 2.05) is 13.0 Å². The van der Waals surface area contributed by atoms with E-state index in [0.717, 1.165) is 19.4 Å². The summed E-state index contributed by atoms with van der Waals surface area (Å²) in [6.07, 6.45) is 0. The van der Waals surface area contributed by atoms with Gasteiger partial charge in [-0.1, -0.05) is 11.6 Å². The van der Waals surface area contributed by atoms with Crippen LogP contribution in [0.15, 0.2) is 14.3 Å². The molecule has 1 nitrogen and oxygen atoms in total. The summed E-state index contributed by atoms with van der Waals surface area (Å²) in [6.45, 7) is 1.87. The van der Waals surface area contributed by atoms with Crippen molar-refractivity contribution in [3.05, 3.63) is 19.8 Å². The average Bonchev–Trinajstić information content (AvgIpc) is 2.28. The zero-order valence-electron chi connectivity index (χ0n) is 5.64. The maximum atomic E-state index is 5.88. The summed E-state index contributed by atoms with van der Waals surface area (Å²) < 4.78 is 4.76. The molecule has 0 aliphatic rings. The molecule has 1 aromatic rings. The van der Waals surface area contributed by atoms with Crippen molar-refractivity contribution in [1.82, 2.24) is 0 Å². The highest BCUT2D eigenvalue weighted by molar-refractivity contribution is 9.11. The number of nitrogens with zero attached hydrogens (tertiary/aromatic N) is 1. The molecule has 1 heterocycles. The minimum Gasteiger partial charge on any atom is -0.223 e. The molecular formula is C6H5BrClNS2. The first-order valence-electron chi connectivity index (χ1n) is 2.79. The fourth-order valence-electron chi connectivity index (χ4n) is 0.633. The topological polar surface area (TPSA) is 12.4 Å². The van der Waals surface area contributed by atoms with Gasteiger partial charge in [-0.2, -0.15) is 0 Å². The minimum atomic E-state index is 0.720. The quantitative estimate of drug-likeness (QED) is 0.588. The molecule has 0 unspecified atom stereocenters. The van der Waals surface area contributed by atoms with Gasteiger partial charge >= 0.3 is 0 Å². The van der Waals surface area contributed by atoms with Gasteiger partial charge in [-0.25, -0.2) is 4.40 Å². The second-order valence-electron chi connectivity index (χ2n) is 1.91. The third kappa shape index (κ3) is 2.21. The Morgan fingerprint density at radius 2 is 2.45 bits per heavy atom. The fraction of sp³-hybridized carbons (Fsp3) is 0.167. The highest BCUT2D eigenvalue weighted by Gasteiger charge is 2.07. The third-order valence-electron chi connectivity index (χ3n) is 1.14. The molecule has 0 saturated carbocycles. The molecule has 0 amide bonds. The third-order valence-corrected chi connectivity index (χ3v) is 3.59. The van der Waals surface area contributed by atoms with Crippen LogP contribution in [0.1, 0.15) is 11.8 Å². The maximum absolute atomic E-state index is 5.88. The summed E-state index contributed by atoms with van der Waals surface area (Å²) >= 11 is 14.6. The molecule has 0 fully saturated rings. The van der Waals surface area contributed by atoms with Crippen molar-refractivity contribution in [3.8, 4) is 0 Å². The number of halogens is 2. The molecule has 0 bridgehead atoms. The van der Waals surface area contributed by atoms with Gasteiger partial charge in [0.1, 0.15) is 0 Å². The summed E-state index contributed by atoms with van der Waals surface area (Å²) in [5.74, 6) is 0. The number of thiol groups is 1. The Labute approximate surface area is 88.2 Å². The monoisotopic (exact) mass is 269 g/mol. The van der Waals surface area contributed by atoms with Gasteiger partial charge in [0.15, 0.2) is 0 Å². The van der Waals surface area contributed by atoms with E-state index in [1.54, 1.807) is 11.3 Å². The van der Waals surface area contributed by atoms with Crippen LogP contribution in [0.4, 0.5) is 0 Å². The van der Waals surface area contributed by atoms with Gasteiger partial charge in [-0.3, -0.25) is 0 Å². The second kappa shape index (κ2) is 3.94. The SMILES string of the molecule is C/C(=N\S)c1sc(Br)cc1Cl. The fourth-order valence-corrected chi connectivity index (χ4v) is 2.79. The van der Waals surface area contributed by atoms with Crippen molar-refractivity contribution >= 4 is 57.4 Å². The zero-order valence-corrected chi connectivity index (χ0v) is 9.69. The molecule has 0 aromatic carbocycles. The molecule has 0 aliphatic carbocycles. The van der Waals surface area contributed by atoms with E-state index in [9.17, 15) is 0 Å². The van der Waals surface area contributed by atoms with Crippen LogP contribution in [0, 0.1) is 0 Å². The van der Waals surface area contributed by atoms with Crippen molar-refractivity contribution < 1.29 is 0 Å². The van der Waals surface area contributed by atoms with Gasteiger partial charge in [0, 0.05) is 0 Å². The summed E-state index contributed by atoms with van der Waals surface area (Å²) in [6, 6.07) is 1.85. The van der Waals surface area contributed by atoms with Crippen LogP contribution < -0.4 is 0 Å². The van der Waals surface area contributed by atoms with E-state index in [0.29, 0.717) is 0 Å². The van der Waals surface area contributed by atoms with Crippen molar-refractivity contribution in [3.63, 3.8) is 0 Å². The molecule has 0 radical (unpaired) electrons. The van der Waals surface area contributed by atoms with Gasteiger partial charge in [-0.15, -0.1) is 11.3 Å². The molecule has 0 atom stereocenters. The van der Waals surface area contributed by atoms with Crippen LogP contribution in [0.25, 0.3) is 0 Å². The van der Waals surface area contributed by atoms with Gasteiger partial charge in [-0.05, 0) is 41.7 Å². The predicted molar refractivity (Wildman–Crippen MR) is 58.2 cm³/mol. The first-order valence-corrected chi connectivity index (χ1v) is 5.17. The first-order chi connectivity index (χ1) is 5.15. The van der Waals surface area contributed by atoms with E-state index >= 15 is 0 Å². The van der Waals surface area contributed by atoms with Crippen LogP contribution in [0.3, 0.4) is 0 Å². The number of thiophene rings is 1.